The van der Waals surface area contributed by atoms with Gasteiger partial charge in [-0.25, -0.2) is 0 Å². The lowest BCUT2D eigenvalue weighted by Gasteiger charge is -2.30. The van der Waals surface area contributed by atoms with Gasteiger partial charge in [0.1, 0.15) is 0 Å². The molecule has 20 heavy (non-hydrogen) atoms. The number of halogens is 1. The highest BCUT2D eigenvalue weighted by atomic mass is 35.5. The van der Waals surface area contributed by atoms with Gasteiger partial charge in [0, 0.05) is 5.02 Å². The van der Waals surface area contributed by atoms with Crippen molar-refractivity contribution < 1.29 is 4.79 Å². The first-order valence-electron chi connectivity index (χ1n) is 7.39. The quantitative estimate of drug-likeness (QED) is 0.873. The highest BCUT2D eigenvalue weighted by molar-refractivity contribution is 6.31. The summed E-state index contributed by atoms with van der Waals surface area (Å²) in [7, 11) is 0. The van der Waals surface area contributed by atoms with Crippen LogP contribution in [0.5, 0.6) is 0 Å². The van der Waals surface area contributed by atoms with E-state index in [1.54, 1.807) is 0 Å². The van der Waals surface area contributed by atoms with Crippen LogP contribution in [-0.2, 0) is 4.79 Å². The van der Waals surface area contributed by atoms with Crippen LogP contribution in [0.2, 0.25) is 5.02 Å². The average molecular weight is 295 g/mol. The van der Waals surface area contributed by atoms with Gasteiger partial charge in [0.2, 0.25) is 5.91 Å². The Morgan fingerprint density at radius 3 is 2.85 bits per heavy atom. The lowest BCUT2D eigenvalue weighted by molar-refractivity contribution is -0.128. The van der Waals surface area contributed by atoms with E-state index in [1.165, 1.54) is 0 Å². The largest absolute Gasteiger partial charge is 0.348 e. The molecule has 4 heteroatoms. The first-order valence-corrected chi connectivity index (χ1v) is 7.77. The van der Waals surface area contributed by atoms with Gasteiger partial charge in [0.25, 0.3) is 0 Å². The second kappa shape index (κ2) is 6.59. The SMILES string of the molecule is CCCC1(C(=O)NC(C)c2ccccc2Cl)CCCN1. The van der Waals surface area contributed by atoms with Crippen molar-refractivity contribution in [1.82, 2.24) is 10.6 Å². The molecule has 1 fully saturated rings. The summed E-state index contributed by atoms with van der Waals surface area (Å²) in [6.07, 6.45) is 3.87. The fraction of sp³-hybridized carbons (Fsp3) is 0.562. The van der Waals surface area contributed by atoms with Crippen molar-refractivity contribution in [3.8, 4) is 0 Å². The third-order valence-electron chi connectivity index (χ3n) is 4.07. The second-order valence-electron chi connectivity index (χ2n) is 5.58. The molecule has 2 rings (SSSR count). The van der Waals surface area contributed by atoms with Crippen LogP contribution in [0, 0.1) is 0 Å². The summed E-state index contributed by atoms with van der Waals surface area (Å²) >= 11 is 6.19. The molecule has 0 radical (unpaired) electrons. The van der Waals surface area contributed by atoms with Crippen LogP contribution in [0.4, 0.5) is 0 Å². The zero-order chi connectivity index (χ0) is 14.6. The summed E-state index contributed by atoms with van der Waals surface area (Å²) in [6, 6.07) is 7.58. The molecule has 2 N–H and O–H groups in total. The molecule has 2 atom stereocenters. The molecule has 0 aromatic heterocycles. The minimum absolute atomic E-state index is 0.0765. The zero-order valence-corrected chi connectivity index (χ0v) is 13.0. The van der Waals surface area contributed by atoms with E-state index in [9.17, 15) is 4.79 Å². The van der Waals surface area contributed by atoms with Crippen molar-refractivity contribution in [2.45, 2.75) is 51.1 Å². The number of amides is 1. The summed E-state index contributed by atoms with van der Waals surface area (Å²) in [4.78, 5) is 12.6. The average Bonchev–Trinajstić information content (AvgIpc) is 2.89. The van der Waals surface area contributed by atoms with E-state index in [4.69, 9.17) is 11.6 Å². The van der Waals surface area contributed by atoms with Gasteiger partial charge in [-0.15, -0.1) is 0 Å². The van der Waals surface area contributed by atoms with Crippen LogP contribution < -0.4 is 10.6 Å². The van der Waals surface area contributed by atoms with Gasteiger partial charge in [0.15, 0.2) is 0 Å². The Bertz CT molecular complexity index is 469. The molecule has 0 spiro atoms. The molecular weight excluding hydrogens is 272 g/mol. The number of carbonyl (C=O) groups is 1. The van der Waals surface area contributed by atoms with Crippen molar-refractivity contribution in [3.63, 3.8) is 0 Å². The van der Waals surface area contributed by atoms with Crippen molar-refractivity contribution in [1.29, 1.82) is 0 Å². The summed E-state index contributed by atoms with van der Waals surface area (Å²) in [5, 5.41) is 7.21. The van der Waals surface area contributed by atoms with Gasteiger partial charge >= 0.3 is 0 Å². The van der Waals surface area contributed by atoms with Gasteiger partial charge in [-0.05, 0) is 44.4 Å². The monoisotopic (exact) mass is 294 g/mol. The summed E-state index contributed by atoms with van der Waals surface area (Å²) in [5.74, 6) is 0.101. The molecule has 0 bridgehead atoms. The number of hydrogen-bond donors (Lipinski definition) is 2. The lowest BCUT2D eigenvalue weighted by Crippen LogP contribution is -2.53. The predicted octanol–water partition coefficient (Wildman–Crippen LogP) is 3.44. The van der Waals surface area contributed by atoms with Crippen molar-refractivity contribution >= 4 is 17.5 Å². The Hall–Kier alpha value is -1.06. The molecule has 1 aromatic carbocycles. The van der Waals surface area contributed by atoms with Crippen molar-refractivity contribution in [3.05, 3.63) is 34.9 Å². The first kappa shape index (κ1) is 15.3. The molecule has 1 aromatic rings. The maximum atomic E-state index is 12.6. The smallest absolute Gasteiger partial charge is 0.240 e. The van der Waals surface area contributed by atoms with Gasteiger partial charge in [-0.3, -0.25) is 4.79 Å². The van der Waals surface area contributed by atoms with Gasteiger partial charge in [-0.2, -0.15) is 0 Å². The standard InChI is InChI=1S/C16H23ClN2O/c1-3-9-16(10-6-11-18-16)15(20)19-12(2)13-7-4-5-8-14(13)17/h4-5,7-8,12,18H,3,6,9-11H2,1-2H3,(H,19,20). The fourth-order valence-corrected chi connectivity index (χ4v) is 3.29. The number of hydrogen-bond acceptors (Lipinski definition) is 2. The maximum Gasteiger partial charge on any atom is 0.240 e. The minimum Gasteiger partial charge on any atom is -0.348 e. The van der Waals surface area contributed by atoms with E-state index in [1.807, 2.05) is 31.2 Å². The predicted molar refractivity (Wildman–Crippen MR) is 82.9 cm³/mol. The highest BCUT2D eigenvalue weighted by Crippen LogP contribution is 2.27. The van der Waals surface area contributed by atoms with Crippen molar-refractivity contribution in [2.75, 3.05) is 6.54 Å². The molecule has 3 nitrogen and oxygen atoms in total. The van der Waals surface area contributed by atoms with E-state index in [-0.39, 0.29) is 17.5 Å². The van der Waals surface area contributed by atoms with E-state index < -0.39 is 0 Å². The molecule has 0 saturated carbocycles. The molecule has 1 aliphatic rings. The Morgan fingerprint density at radius 2 is 2.25 bits per heavy atom. The normalized spacial score (nSPS) is 23.6. The topological polar surface area (TPSA) is 41.1 Å². The van der Waals surface area contributed by atoms with Crippen LogP contribution in [0.15, 0.2) is 24.3 Å². The van der Waals surface area contributed by atoms with E-state index in [0.29, 0.717) is 5.02 Å². The molecule has 0 aliphatic carbocycles. The van der Waals surface area contributed by atoms with E-state index >= 15 is 0 Å². The lowest BCUT2D eigenvalue weighted by atomic mass is 9.90. The number of rotatable bonds is 5. The first-order chi connectivity index (χ1) is 9.59. The van der Waals surface area contributed by atoms with Crippen LogP contribution >= 0.6 is 11.6 Å². The van der Waals surface area contributed by atoms with Crippen LogP contribution in [-0.4, -0.2) is 18.0 Å². The second-order valence-corrected chi connectivity index (χ2v) is 5.99. The Labute approximate surface area is 126 Å². The van der Waals surface area contributed by atoms with Crippen molar-refractivity contribution in [2.24, 2.45) is 0 Å². The minimum atomic E-state index is -0.385. The third-order valence-corrected chi connectivity index (χ3v) is 4.42. The summed E-state index contributed by atoms with van der Waals surface area (Å²) in [5.41, 5.74) is 0.580. The van der Waals surface area contributed by atoms with E-state index in [2.05, 4.69) is 17.6 Å². The van der Waals surface area contributed by atoms with Gasteiger partial charge in [0.05, 0.1) is 11.6 Å². The Kier molecular flexibility index (Phi) is 5.06. The van der Waals surface area contributed by atoms with Crippen LogP contribution in [0.25, 0.3) is 0 Å². The number of carbonyl (C=O) groups excluding carboxylic acids is 1. The zero-order valence-electron chi connectivity index (χ0n) is 12.2. The molecule has 110 valence electrons. The third kappa shape index (κ3) is 3.15. The molecule has 1 saturated heterocycles. The van der Waals surface area contributed by atoms with Gasteiger partial charge in [-0.1, -0.05) is 43.1 Å². The molecule has 2 unspecified atom stereocenters. The summed E-state index contributed by atoms with van der Waals surface area (Å²) in [6.45, 7) is 5.02. The fourth-order valence-electron chi connectivity index (χ4n) is 2.99. The molecule has 1 amide bonds. The maximum absolute atomic E-state index is 12.6. The summed E-state index contributed by atoms with van der Waals surface area (Å²) < 4.78 is 0. The number of nitrogens with one attached hydrogen (secondary N) is 2. The Balaban J connectivity index is 2.08. The number of benzene rings is 1. The van der Waals surface area contributed by atoms with E-state index in [0.717, 1.165) is 37.8 Å². The van der Waals surface area contributed by atoms with Crippen LogP contribution in [0.3, 0.4) is 0 Å². The Morgan fingerprint density at radius 1 is 1.50 bits per heavy atom. The van der Waals surface area contributed by atoms with Crippen LogP contribution in [0.1, 0.15) is 51.1 Å². The van der Waals surface area contributed by atoms with Gasteiger partial charge < -0.3 is 10.6 Å². The molecule has 1 heterocycles. The highest BCUT2D eigenvalue weighted by Gasteiger charge is 2.40. The molecular formula is C16H23ClN2O. The molecule has 1 aliphatic heterocycles.